The van der Waals surface area contributed by atoms with Crippen molar-refractivity contribution >= 4 is 28.8 Å². The standard InChI is InChI=1S/C27H29N3O5S/c1-20-9-14-25(36-20)18-28(16-21-6-3-2-4-7-21)26(31)19-29(17-24-8-5-15-35-24)27(32)22-10-12-23(13-11-22)30(33)34/h2-4,6-7,9-14,24H,5,8,15-19H2,1H3. The highest BCUT2D eigenvalue weighted by atomic mass is 32.1. The Bertz CT molecular complexity index is 1190. The predicted octanol–water partition coefficient (Wildman–Crippen LogP) is 4.81. The van der Waals surface area contributed by atoms with E-state index >= 15 is 0 Å². The average molecular weight is 508 g/mol. The average Bonchev–Trinajstić information content (AvgIpc) is 3.55. The molecule has 2 amide bonds. The van der Waals surface area contributed by atoms with Gasteiger partial charge in [-0.15, -0.1) is 11.3 Å². The highest BCUT2D eigenvalue weighted by Gasteiger charge is 2.27. The third-order valence-electron chi connectivity index (χ3n) is 6.10. The Morgan fingerprint density at radius 3 is 2.39 bits per heavy atom. The van der Waals surface area contributed by atoms with Crippen molar-refractivity contribution in [1.82, 2.24) is 9.80 Å². The zero-order chi connectivity index (χ0) is 25.5. The van der Waals surface area contributed by atoms with E-state index in [1.165, 1.54) is 34.0 Å². The number of nitrogens with zero attached hydrogens (tertiary/aromatic N) is 3. The minimum Gasteiger partial charge on any atom is -0.376 e. The molecular weight excluding hydrogens is 478 g/mol. The number of thiophene rings is 1. The SMILES string of the molecule is Cc1ccc(CN(Cc2ccccc2)C(=O)CN(CC2CCCO2)C(=O)c2ccc([N+](=O)[O-])cc2)s1. The summed E-state index contributed by atoms with van der Waals surface area (Å²) in [6.07, 6.45) is 1.60. The number of benzene rings is 2. The number of ether oxygens (including phenoxy) is 1. The fraction of sp³-hybridized carbons (Fsp3) is 0.333. The van der Waals surface area contributed by atoms with Crippen LogP contribution >= 0.6 is 11.3 Å². The van der Waals surface area contributed by atoms with Crippen LogP contribution in [0.5, 0.6) is 0 Å². The number of non-ortho nitro benzene ring substituents is 1. The van der Waals surface area contributed by atoms with E-state index in [-0.39, 0.29) is 30.2 Å². The summed E-state index contributed by atoms with van der Waals surface area (Å²) in [4.78, 5) is 43.1. The smallest absolute Gasteiger partial charge is 0.269 e. The predicted molar refractivity (Wildman–Crippen MR) is 138 cm³/mol. The maximum absolute atomic E-state index is 13.6. The number of nitro benzene ring substituents is 1. The van der Waals surface area contributed by atoms with Crippen LogP contribution in [0.15, 0.2) is 66.7 Å². The second-order valence-electron chi connectivity index (χ2n) is 8.87. The van der Waals surface area contributed by atoms with Gasteiger partial charge in [-0.25, -0.2) is 0 Å². The summed E-state index contributed by atoms with van der Waals surface area (Å²) >= 11 is 1.65. The van der Waals surface area contributed by atoms with Gasteiger partial charge in [-0.3, -0.25) is 19.7 Å². The molecule has 188 valence electrons. The van der Waals surface area contributed by atoms with Gasteiger partial charge in [0.15, 0.2) is 0 Å². The lowest BCUT2D eigenvalue weighted by Crippen LogP contribution is -2.45. The molecule has 0 bridgehead atoms. The van der Waals surface area contributed by atoms with Crippen molar-refractivity contribution < 1.29 is 19.2 Å². The van der Waals surface area contributed by atoms with Crippen molar-refractivity contribution in [3.05, 3.63) is 97.7 Å². The summed E-state index contributed by atoms with van der Waals surface area (Å²) in [6.45, 7) is 3.73. The molecule has 1 atom stereocenters. The molecule has 0 N–H and O–H groups in total. The van der Waals surface area contributed by atoms with Crippen LogP contribution in [0.25, 0.3) is 0 Å². The van der Waals surface area contributed by atoms with Crippen LogP contribution in [0.3, 0.4) is 0 Å². The van der Waals surface area contributed by atoms with E-state index in [4.69, 9.17) is 4.74 Å². The number of hydrogen-bond donors (Lipinski definition) is 0. The second-order valence-corrected chi connectivity index (χ2v) is 10.2. The van der Waals surface area contributed by atoms with Crippen LogP contribution in [0.4, 0.5) is 5.69 Å². The van der Waals surface area contributed by atoms with Gasteiger partial charge in [-0.2, -0.15) is 0 Å². The van der Waals surface area contributed by atoms with Crippen molar-refractivity contribution in [2.75, 3.05) is 19.7 Å². The lowest BCUT2D eigenvalue weighted by molar-refractivity contribution is -0.384. The quantitative estimate of drug-likeness (QED) is 0.290. The molecule has 1 aliphatic rings. The van der Waals surface area contributed by atoms with Gasteiger partial charge in [0.2, 0.25) is 5.91 Å². The second kappa shape index (κ2) is 11.9. The number of carbonyl (C=O) groups excluding carboxylic acids is 2. The van der Waals surface area contributed by atoms with Gasteiger partial charge < -0.3 is 14.5 Å². The molecule has 1 aromatic heterocycles. The van der Waals surface area contributed by atoms with Gasteiger partial charge in [-0.05, 0) is 49.6 Å². The first kappa shape index (κ1) is 25.5. The molecule has 2 heterocycles. The summed E-state index contributed by atoms with van der Waals surface area (Å²) in [7, 11) is 0. The molecule has 2 aromatic carbocycles. The molecule has 1 aliphatic heterocycles. The summed E-state index contributed by atoms with van der Waals surface area (Å²) in [6, 6.07) is 19.3. The number of hydrogen-bond acceptors (Lipinski definition) is 6. The monoisotopic (exact) mass is 507 g/mol. The molecule has 36 heavy (non-hydrogen) atoms. The van der Waals surface area contributed by atoms with Gasteiger partial charge >= 0.3 is 0 Å². The van der Waals surface area contributed by atoms with Crippen molar-refractivity contribution in [2.45, 2.75) is 39.0 Å². The van der Waals surface area contributed by atoms with E-state index in [1.54, 1.807) is 16.2 Å². The van der Waals surface area contributed by atoms with Crippen LogP contribution in [0.2, 0.25) is 0 Å². The highest BCUT2D eigenvalue weighted by Crippen LogP contribution is 2.21. The van der Waals surface area contributed by atoms with Crippen molar-refractivity contribution in [3.8, 4) is 0 Å². The van der Waals surface area contributed by atoms with Gasteiger partial charge in [-0.1, -0.05) is 30.3 Å². The lowest BCUT2D eigenvalue weighted by Gasteiger charge is -2.29. The minimum absolute atomic E-state index is 0.0893. The Kier molecular flexibility index (Phi) is 8.45. The van der Waals surface area contributed by atoms with Crippen LogP contribution in [0, 0.1) is 17.0 Å². The zero-order valence-corrected chi connectivity index (χ0v) is 21.0. The molecule has 8 nitrogen and oxygen atoms in total. The molecule has 0 radical (unpaired) electrons. The van der Waals surface area contributed by atoms with Crippen LogP contribution in [-0.2, 0) is 22.6 Å². The Morgan fingerprint density at radius 2 is 1.78 bits per heavy atom. The molecule has 1 saturated heterocycles. The van der Waals surface area contributed by atoms with Gasteiger partial charge in [0, 0.05) is 47.1 Å². The van der Waals surface area contributed by atoms with Crippen LogP contribution in [-0.4, -0.2) is 52.3 Å². The van der Waals surface area contributed by atoms with Gasteiger partial charge in [0.05, 0.1) is 17.6 Å². The molecule has 1 fully saturated rings. The van der Waals surface area contributed by atoms with Gasteiger partial charge in [0.25, 0.3) is 11.6 Å². The molecule has 3 aromatic rings. The Balaban J connectivity index is 1.55. The van der Waals surface area contributed by atoms with Crippen molar-refractivity contribution in [3.63, 3.8) is 0 Å². The Labute approximate surface area is 214 Å². The summed E-state index contributed by atoms with van der Waals surface area (Å²) in [5.41, 5.74) is 1.22. The van der Waals surface area contributed by atoms with E-state index < -0.39 is 4.92 Å². The molecule has 4 rings (SSSR count). The van der Waals surface area contributed by atoms with E-state index in [9.17, 15) is 19.7 Å². The first-order valence-corrected chi connectivity index (χ1v) is 12.7. The molecule has 9 heteroatoms. The van der Waals surface area contributed by atoms with E-state index in [1.807, 2.05) is 49.4 Å². The summed E-state index contributed by atoms with van der Waals surface area (Å²) in [5.74, 6) is -0.515. The fourth-order valence-corrected chi connectivity index (χ4v) is 5.13. The molecule has 1 unspecified atom stereocenters. The normalized spacial score (nSPS) is 15.0. The summed E-state index contributed by atoms with van der Waals surface area (Å²) < 4.78 is 5.75. The van der Waals surface area contributed by atoms with Gasteiger partial charge in [0.1, 0.15) is 6.54 Å². The lowest BCUT2D eigenvalue weighted by atomic mass is 10.1. The first-order chi connectivity index (χ1) is 17.4. The molecule has 0 spiro atoms. The molecular formula is C27H29N3O5S. The third kappa shape index (κ3) is 6.77. The maximum atomic E-state index is 13.6. The highest BCUT2D eigenvalue weighted by molar-refractivity contribution is 7.11. The third-order valence-corrected chi connectivity index (χ3v) is 7.08. The first-order valence-electron chi connectivity index (χ1n) is 11.9. The number of carbonyl (C=O) groups is 2. The largest absolute Gasteiger partial charge is 0.376 e. The Morgan fingerprint density at radius 1 is 1.03 bits per heavy atom. The Hall–Kier alpha value is -3.56. The van der Waals surface area contributed by atoms with E-state index in [0.29, 0.717) is 31.8 Å². The minimum atomic E-state index is -0.504. The number of aryl methyl sites for hydroxylation is 1. The maximum Gasteiger partial charge on any atom is 0.269 e. The fourth-order valence-electron chi connectivity index (χ4n) is 4.22. The summed E-state index contributed by atoms with van der Waals surface area (Å²) in [5, 5.41) is 11.0. The molecule has 0 aliphatic carbocycles. The van der Waals surface area contributed by atoms with E-state index in [0.717, 1.165) is 23.3 Å². The van der Waals surface area contributed by atoms with Crippen molar-refractivity contribution in [2.24, 2.45) is 0 Å². The van der Waals surface area contributed by atoms with Crippen LogP contribution in [0.1, 0.15) is 38.5 Å². The molecule has 0 saturated carbocycles. The number of nitro groups is 1. The van der Waals surface area contributed by atoms with Crippen molar-refractivity contribution in [1.29, 1.82) is 0 Å². The topological polar surface area (TPSA) is 93.0 Å². The number of rotatable bonds is 10. The van der Waals surface area contributed by atoms with E-state index in [2.05, 4.69) is 0 Å². The zero-order valence-electron chi connectivity index (χ0n) is 20.2. The number of amides is 2. The van der Waals surface area contributed by atoms with Crippen LogP contribution < -0.4 is 0 Å².